The average molecular weight is 945 g/mol. The third-order valence-corrected chi connectivity index (χ3v) is 12.9. The zero-order chi connectivity index (χ0) is 48.5. The van der Waals surface area contributed by atoms with Crippen molar-refractivity contribution in [3.63, 3.8) is 0 Å². The van der Waals surface area contributed by atoms with Crippen molar-refractivity contribution in [3.05, 3.63) is 72.9 Å². The van der Waals surface area contributed by atoms with Gasteiger partial charge in [0.05, 0.1) is 39.9 Å². The second-order valence-electron chi connectivity index (χ2n) is 19.6. The van der Waals surface area contributed by atoms with Crippen LogP contribution in [0.15, 0.2) is 72.9 Å². The second-order valence-corrected chi connectivity index (χ2v) is 21.0. The Morgan fingerprint density at radius 3 is 1.35 bits per heavy atom. The molecule has 1 amide bonds. The molecule has 3 atom stereocenters. The summed E-state index contributed by atoms with van der Waals surface area (Å²) in [6.07, 6.45) is 65.3. The molecule has 2 N–H and O–H groups in total. The van der Waals surface area contributed by atoms with Gasteiger partial charge in [-0.15, -0.1) is 0 Å². The van der Waals surface area contributed by atoms with Gasteiger partial charge in [0, 0.05) is 6.42 Å². The highest BCUT2D eigenvalue weighted by molar-refractivity contribution is 7.45. The Hall–Kier alpha value is -2.06. The molecule has 0 radical (unpaired) electrons. The molecule has 0 saturated carbocycles. The maximum Gasteiger partial charge on any atom is 0.268 e. The summed E-state index contributed by atoms with van der Waals surface area (Å²) in [6, 6.07) is -0.890. The molecule has 3 unspecified atom stereocenters. The fourth-order valence-corrected chi connectivity index (χ4v) is 8.37. The lowest BCUT2D eigenvalue weighted by molar-refractivity contribution is -0.870. The first-order chi connectivity index (χ1) is 32.0. The fraction of sp³-hybridized carbons (Fsp3) is 0.772. The number of hydrogen-bond donors (Lipinski definition) is 2. The number of nitrogens with one attached hydrogen (secondary N) is 1. The van der Waals surface area contributed by atoms with Gasteiger partial charge in [0.15, 0.2) is 0 Å². The highest BCUT2D eigenvalue weighted by atomic mass is 31.2. The Labute approximate surface area is 408 Å². The number of likely N-dealkylation sites (N-methyl/N-ethyl adjacent to an activating group) is 1. The van der Waals surface area contributed by atoms with Crippen LogP contribution in [0.1, 0.15) is 232 Å². The van der Waals surface area contributed by atoms with Crippen molar-refractivity contribution in [3.8, 4) is 0 Å². The molecule has 0 saturated heterocycles. The SMILES string of the molecule is CC/C=C\C/C=C\C/C=C\C/C=C\C/C=C\CCCCCCCCCCCCCCCC(=O)NC(COP(=O)([O-])OCC[N+](C)(C)C)C(O)/C=C/CCCCCCCCCCCCCCC. The Morgan fingerprint density at radius 1 is 0.545 bits per heavy atom. The number of unbranched alkanes of at least 4 members (excludes halogenated alkanes) is 26. The molecule has 0 aliphatic carbocycles. The van der Waals surface area contributed by atoms with E-state index in [4.69, 9.17) is 9.05 Å². The summed E-state index contributed by atoms with van der Waals surface area (Å²) in [5, 5.41) is 13.8. The van der Waals surface area contributed by atoms with Gasteiger partial charge >= 0.3 is 0 Å². The highest BCUT2D eigenvalue weighted by Gasteiger charge is 2.23. The van der Waals surface area contributed by atoms with Crippen molar-refractivity contribution in [2.75, 3.05) is 40.9 Å². The van der Waals surface area contributed by atoms with E-state index in [1.807, 2.05) is 27.2 Å². The molecule has 0 aromatic carbocycles. The predicted octanol–water partition coefficient (Wildman–Crippen LogP) is 15.7. The molecule has 9 heteroatoms. The largest absolute Gasteiger partial charge is 0.756 e. The standard InChI is InChI=1S/C57H105N2O6P/c1-6-8-10-12-14-16-18-20-22-23-24-25-26-27-28-29-30-31-32-33-34-35-37-39-41-43-45-47-49-51-57(61)58-55(54-65-66(62,63)64-53-52-59(3,4)5)56(60)50-48-46-44-42-40-38-36-21-19-17-15-13-11-9-7-2/h8,10,14,16,20,22,24-25,27-28,48,50,55-56,60H,6-7,9,11-13,15,17-19,21,23,26,29-47,49,51-54H2,1-5H3,(H-,58,61,62,63)/b10-8-,16-14-,22-20-,25-24-,28-27-,50-48+. The minimum absolute atomic E-state index is 0.00318. The summed E-state index contributed by atoms with van der Waals surface area (Å²) >= 11 is 0. The quantitative estimate of drug-likeness (QED) is 0.0272. The zero-order valence-electron chi connectivity index (χ0n) is 43.6. The minimum atomic E-state index is -4.60. The van der Waals surface area contributed by atoms with Crippen LogP contribution in [0.3, 0.4) is 0 Å². The molecule has 0 aromatic rings. The number of rotatable bonds is 49. The minimum Gasteiger partial charge on any atom is -0.756 e. The van der Waals surface area contributed by atoms with Crippen LogP contribution in [0, 0.1) is 0 Å². The van der Waals surface area contributed by atoms with E-state index in [-0.39, 0.29) is 19.1 Å². The Morgan fingerprint density at radius 2 is 0.924 bits per heavy atom. The summed E-state index contributed by atoms with van der Waals surface area (Å²) in [5.74, 6) is -0.201. The van der Waals surface area contributed by atoms with Crippen molar-refractivity contribution in [2.45, 2.75) is 244 Å². The summed E-state index contributed by atoms with van der Waals surface area (Å²) in [7, 11) is 1.26. The lowest BCUT2D eigenvalue weighted by Gasteiger charge is -2.29. The van der Waals surface area contributed by atoms with Crippen LogP contribution in [-0.2, 0) is 18.4 Å². The molecule has 8 nitrogen and oxygen atoms in total. The third kappa shape index (κ3) is 49.8. The fourth-order valence-electron chi connectivity index (χ4n) is 7.65. The predicted molar refractivity (Wildman–Crippen MR) is 284 cm³/mol. The van der Waals surface area contributed by atoms with Gasteiger partial charge < -0.3 is 28.8 Å². The lowest BCUT2D eigenvalue weighted by atomic mass is 10.0. The van der Waals surface area contributed by atoms with Gasteiger partial charge in [0.1, 0.15) is 13.2 Å². The van der Waals surface area contributed by atoms with Crippen molar-refractivity contribution in [2.24, 2.45) is 0 Å². The van der Waals surface area contributed by atoms with Crippen LogP contribution in [0.4, 0.5) is 0 Å². The number of allylic oxidation sites excluding steroid dienone is 11. The molecular weight excluding hydrogens is 840 g/mol. The molecule has 0 aliphatic heterocycles. The molecule has 0 spiro atoms. The number of hydrogen-bond acceptors (Lipinski definition) is 6. The third-order valence-electron chi connectivity index (χ3n) is 11.9. The van der Waals surface area contributed by atoms with Gasteiger partial charge in [0.25, 0.3) is 7.82 Å². The first kappa shape index (κ1) is 63.9. The van der Waals surface area contributed by atoms with E-state index in [2.05, 4.69) is 79.9 Å². The molecule has 0 heterocycles. The van der Waals surface area contributed by atoms with Gasteiger partial charge in [0.2, 0.25) is 5.91 Å². The van der Waals surface area contributed by atoms with Crippen molar-refractivity contribution in [1.29, 1.82) is 0 Å². The Kier molecular flexibility index (Phi) is 46.5. The van der Waals surface area contributed by atoms with Gasteiger partial charge in [-0.2, -0.15) is 0 Å². The van der Waals surface area contributed by atoms with Crippen molar-refractivity contribution >= 4 is 13.7 Å². The van der Waals surface area contributed by atoms with E-state index in [0.717, 1.165) is 70.6 Å². The smallest absolute Gasteiger partial charge is 0.268 e. The number of amides is 1. The monoisotopic (exact) mass is 945 g/mol. The maximum absolute atomic E-state index is 12.9. The number of carbonyl (C=O) groups is 1. The van der Waals surface area contributed by atoms with E-state index in [1.54, 1.807) is 6.08 Å². The summed E-state index contributed by atoms with van der Waals surface area (Å²) in [5.41, 5.74) is 0. The van der Waals surface area contributed by atoms with Crippen LogP contribution >= 0.6 is 7.82 Å². The van der Waals surface area contributed by atoms with Crippen LogP contribution in [0.5, 0.6) is 0 Å². The summed E-state index contributed by atoms with van der Waals surface area (Å²) in [4.78, 5) is 25.4. The van der Waals surface area contributed by atoms with E-state index in [9.17, 15) is 19.4 Å². The first-order valence-corrected chi connectivity index (χ1v) is 28.8. The van der Waals surface area contributed by atoms with E-state index < -0.39 is 20.0 Å². The van der Waals surface area contributed by atoms with Gasteiger partial charge in [-0.25, -0.2) is 0 Å². The van der Waals surface area contributed by atoms with Gasteiger partial charge in [-0.05, 0) is 64.2 Å². The number of aliphatic hydroxyl groups excluding tert-OH is 1. The highest BCUT2D eigenvalue weighted by Crippen LogP contribution is 2.38. The van der Waals surface area contributed by atoms with Crippen LogP contribution < -0.4 is 10.2 Å². The van der Waals surface area contributed by atoms with Crippen LogP contribution in [0.25, 0.3) is 0 Å². The van der Waals surface area contributed by atoms with Gasteiger partial charge in [-0.1, -0.05) is 234 Å². The zero-order valence-corrected chi connectivity index (χ0v) is 44.5. The van der Waals surface area contributed by atoms with Crippen LogP contribution in [0.2, 0.25) is 0 Å². The molecule has 0 aromatic heterocycles. The first-order valence-electron chi connectivity index (χ1n) is 27.3. The van der Waals surface area contributed by atoms with Crippen LogP contribution in [-0.4, -0.2) is 68.5 Å². The molecule has 0 rings (SSSR count). The molecule has 0 bridgehead atoms. The number of quaternary nitrogens is 1. The number of nitrogens with zero attached hydrogens (tertiary/aromatic N) is 1. The van der Waals surface area contributed by atoms with Crippen molar-refractivity contribution < 1.29 is 32.9 Å². The van der Waals surface area contributed by atoms with Gasteiger partial charge in [-0.3, -0.25) is 9.36 Å². The molecule has 0 aliphatic rings. The number of aliphatic hydroxyl groups is 1. The van der Waals surface area contributed by atoms with E-state index in [0.29, 0.717) is 17.4 Å². The number of phosphoric ester groups is 1. The van der Waals surface area contributed by atoms with Crippen molar-refractivity contribution in [1.82, 2.24) is 5.32 Å². The van der Waals surface area contributed by atoms with E-state index in [1.165, 1.54) is 141 Å². The van der Waals surface area contributed by atoms with E-state index >= 15 is 0 Å². The molecular formula is C57H105N2O6P. The molecule has 66 heavy (non-hydrogen) atoms. The molecule has 384 valence electrons. The number of carbonyl (C=O) groups excluding carboxylic acids is 1. The Balaban J connectivity index is 4.18. The second kappa shape index (κ2) is 48.0. The average Bonchev–Trinajstić information content (AvgIpc) is 3.28. The number of phosphoric acid groups is 1. The topological polar surface area (TPSA) is 108 Å². The molecule has 0 fully saturated rings. The lowest BCUT2D eigenvalue weighted by Crippen LogP contribution is -2.45. The normalized spacial score (nSPS) is 14.6. The summed E-state index contributed by atoms with van der Waals surface area (Å²) in [6.45, 7) is 4.54. The Bertz CT molecular complexity index is 1300. The summed E-state index contributed by atoms with van der Waals surface area (Å²) < 4.78 is 23.3. The maximum atomic E-state index is 12.9.